The lowest BCUT2D eigenvalue weighted by atomic mass is 10.1. The minimum atomic E-state index is -0.935. The van der Waals surface area contributed by atoms with Crippen LogP contribution in [0.5, 0.6) is 11.5 Å². The second kappa shape index (κ2) is 11.0. The molecule has 0 bridgehead atoms. The number of urea groups is 1. The first-order chi connectivity index (χ1) is 17.8. The Kier molecular flexibility index (Phi) is 7.63. The van der Waals surface area contributed by atoms with Gasteiger partial charge in [0.2, 0.25) is 0 Å². The van der Waals surface area contributed by atoms with Crippen LogP contribution in [-0.4, -0.2) is 37.5 Å². The van der Waals surface area contributed by atoms with E-state index in [1.807, 2.05) is 0 Å². The monoisotopic (exact) mass is 567 g/mol. The summed E-state index contributed by atoms with van der Waals surface area (Å²) >= 11 is 3.36. The number of benzene rings is 3. The van der Waals surface area contributed by atoms with Gasteiger partial charge in [0.15, 0.2) is 6.61 Å². The van der Waals surface area contributed by atoms with Gasteiger partial charge in [0.05, 0.1) is 23.0 Å². The fourth-order valence-corrected chi connectivity index (χ4v) is 3.96. The molecule has 0 saturated carbocycles. The highest BCUT2D eigenvalue weighted by molar-refractivity contribution is 9.10. The number of hydrogen-bond acceptors (Lipinski definition) is 6. The fourth-order valence-electron chi connectivity index (χ4n) is 3.45. The van der Waals surface area contributed by atoms with Crippen molar-refractivity contribution < 1.29 is 33.0 Å². The molecule has 1 heterocycles. The third-order valence-corrected chi connectivity index (χ3v) is 5.81. The molecule has 0 aromatic heterocycles. The second-order valence-corrected chi connectivity index (χ2v) is 8.52. The zero-order chi connectivity index (χ0) is 26.5. The maximum absolute atomic E-state index is 13.3. The van der Waals surface area contributed by atoms with Gasteiger partial charge in [-0.2, -0.15) is 0 Å². The van der Waals surface area contributed by atoms with E-state index in [9.17, 15) is 23.6 Å². The zero-order valence-electron chi connectivity index (χ0n) is 19.3. The van der Waals surface area contributed by atoms with Crippen LogP contribution in [0, 0.1) is 5.82 Å². The van der Waals surface area contributed by atoms with Gasteiger partial charge < -0.3 is 14.8 Å². The predicted molar refractivity (Wildman–Crippen MR) is 137 cm³/mol. The number of para-hydroxylation sites is 2. The number of imide groups is 2. The molecule has 1 fully saturated rings. The molecule has 9 nitrogen and oxygen atoms in total. The van der Waals surface area contributed by atoms with Crippen molar-refractivity contribution in [2.45, 2.75) is 0 Å². The molecule has 3 aromatic rings. The van der Waals surface area contributed by atoms with Crippen LogP contribution in [0.4, 0.5) is 20.6 Å². The van der Waals surface area contributed by atoms with Crippen molar-refractivity contribution >= 4 is 57.1 Å². The number of amides is 5. The number of carbonyl (C=O) groups is 4. The number of anilines is 2. The third-order valence-electron chi connectivity index (χ3n) is 5.19. The lowest BCUT2D eigenvalue weighted by Gasteiger charge is -2.26. The fraction of sp³-hybridized carbons (Fsp3) is 0.0769. The summed E-state index contributed by atoms with van der Waals surface area (Å²) in [5.74, 6) is -1.81. The second-order valence-electron chi connectivity index (χ2n) is 7.66. The van der Waals surface area contributed by atoms with E-state index in [1.165, 1.54) is 25.3 Å². The first-order valence-corrected chi connectivity index (χ1v) is 11.6. The summed E-state index contributed by atoms with van der Waals surface area (Å²) in [6.07, 6.45) is 1.31. The summed E-state index contributed by atoms with van der Waals surface area (Å²) in [7, 11) is 1.50. The van der Waals surface area contributed by atoms with E-state index < -0.39 is 29.6 Å². The number of barbiturate groups is 1. The summed E-state index contributed by atoms with van der Waals surface area (Å²) < 4.78 is 24.5. The molecule has 1 aliphatic heterocycles. The quantitative estimate of drug-likeness (QED) is 0.325. The number of ether oxygens (including phenoxy) is 2. The summed E-state index contributed by atoms with van der Waals surface area (Å²) in [6.45, 7) is -0.285. The smallest absolute Gasteiger partial charge is 0.335 e. The Bertz CT molecular complexity index is 1420. The minimum Gasteiger partial charge on any atom is -0.495 e. The van der Waals surface area contributed by atoms with E-state index in [2.05, 4.69) is 26.6 Å². The van der Waals surface area contributed by atoms with Crippen LogP contribution < -0.4 is 25.0 Å². The highest BCUT2D eigenvalue weighted by atomic mass is 79.9. The molecule has 0 atom stereocenters. The van der Waals surface area contributed by atoms with E-state index in [0.29, 0.717) is 27.2 Å². The summed E-state index contributed by atoms with van der Waals surface area (Å²) in [5, 5.41) is 4.81. The van der Waals surface area contributed by atoms with Crippen molar-refractivity contribution in [1.82, 2.24) is 5.32 Å². The number of nitrogens with zero attached hydrogens (tertiary/aromatic N) is 1. The van der Waals surface area contributed by atoms with E-state index in [1.54, 1.807) is 42.5 Å². The number of rotatable bonds is 7. The Morgan fingerprint density at radius 3 is 2.49 bits per heavy atom. The SMILES string of the molecule is COc1ccccc1NC(=O)COc1ccc(/C=C2\C(=O)NC(=O)N(c3ccc(F)cc3)C2=O)cc1Br. The van der Waals surface area contributed by atoms with Gasteiger partial charge in [-0.1, -0.05) is 18.2 Å². The number of halogens is 2. The molecule has 0 spiro atoms. The van der Waals surface area contributed by atoms with Gasteiger partial charge in [-0.15, -0.1) is 0 Å². The van der Waals surface area contributed by atoms with Crippen LogP contribution >= 0.6 is 15.9 Å². The molecular weight excluding hydrogens is 549 g/mol. The van der Waals surface area contributed by atoms with Crippen molar-refractivity contribution in [1.29, 1.82) is 0 Å². The lowest BCUT2D eigenvalue weighted by Crippen LogP contribution is -2.54. The number of methoxy groups -OCH3 is 1. The van der Waals surface area contributed by atoms with Crippen LogP contribution in [0.25, 0.3) is 6.08 Å². The molecule has 1 aliphatic rings. The largest absolute Gasteiger partial charge is 0.495 e. The molecule has 0 radical (unpaired) electrons. The van der Waals surface area contributed by atoms with Crippen molar-refractivity contribution in [2.24, 2.45) is 0 Å². The van der Waals surface area contributed by atoms with Crippen molar-refractivity contribution in [3.05, 3.63) is 88.2 Å². The molecule has 3 aromatic carbocycles. The first-order valence-electron chi connectivity index (χ1n) is 10.8. The number of hydrogen-bond donors (Lipinski definition) is 2. The van der Waals surface area contributed by atoms with Gasteiger partial charge in [0.1, 0.15) is 22.9 Å². The summed E-state index contributed by atoms with van der Waals surface area (Å²) in [5.41, 5.74) is 0.770. The van der Waals surface area contributed by atoms with Gasteiger partial charge in [-0.3, -0.25) is 19.7 Å². The molecule has 1 saturated heterocycles. The zero-order valence-corrected chi connectivity index (χ0v) is 20.9. The van der Waals surface area contributed by atoms with E-state index in [-0.39, 0.29) is 17.9 Å². The topological polar surface area (TPSA) is 114 Å². The molecule has 0 unspecified atom stereocenters. The van der Waals surface area contributed by atoms with Gasteiger partial charge in [-0.25, -0.2) is 14.1 Å². The Labute approximate surface area is 219 Å². The Morgan fingerprint density at radius 2 is 1.78 bits per heavy atom. The average molecular weight is 568 g/mol. The van der Waals surface area contributed by atoms with Crippen molar-refractivity contribution in [3.8, 4) is 11.5 Å². The Hall–Kier alpha value is -4.51. The van der Waals surface area contributed by atoms with Crippen LogP contribution in [0.15, 0.2) is 76.8 Å². The standard InChI is InChI=1S/C26H19BrFN3O6/c1-36-22-5-3-2-4-20(22)29-23(32)14-37-21-11-6-15(13-19(21)27)12-18-24(33)30-26(35)31(25(18)34)17-9-7-16(28)8-10-17/h2-13H,14H2,1H3,(H,29,32)(H,30,33,35)/b18-12+. The number of carbonyl (C=O) groups excluding carboxylic acids is 4. The molecule has 4 rings (SSSR count). The molecule has 2 N–H and O–H groups in total. The first kappa shape index (κ1) is 25.6. The third kappa shape index (κ3) is 5.84. The molecule has 5 amide bonds. The molecule has 188 valence electrons. The average Bonchev–Trinajstić information content (AvgIpc) is 2.87. The summed E-state index contributed by atoms with van der Waals surface area (Å²) in [6, 6.07) is 15.4. The predicted octanol–water partition coefficient (Wildman–Crippen LogP) is 4.28. The minimum absolute atomic E-state index is 0.110. The van der Waals surface area contributed by atoms with Crippen LogP contribution in [0.2, 0.25) is 0 Å². The van der Waals surface area contributed by atoms with E-state index >= 15 is 0 Å². The lowest BCUT2D eigenvalue weighted by molar-refractivity contribution is -0.122. The van der Waals surface area contributed by atoms with Crippen molar-refractivity contribution in [3.63, 3.8) is 0 Å². The van der Waals surface area contributed by atoms with Gasteiger partial charge in [0, 0.05) is 0 Å². The summed E-state index contributed by atoms with van der Waals surface area (Å²) in [4.78, 5) is 50.7. The normalized spacial score (nSPS) is 14.4. The molecule has 11 heteroatoms. The van der Waals surface area contributed by atoms with E-state index in [0.717, 1.165) is 17.0 Å². The highest BCUT2D eigenvalue weighted by Gasteiger charge is 2.36. The van der Waals surface area contributed by atoms with Gasteiger partial charge >= 0.3 is 6.03 Å². The molecular formula is C26H19BrFN3O6. The maximum Gasteiger partial charge on any atom is 0.335 e. The number of nitrogens with one attached hydrogen (secondary N) is 2. The van der Waals surface area contributed by atoms with Crippen LogP contribution in [-0.2, 0) is 14.4 Å². The Balaban J connectivity index is 1.47. The van der Waals surface area contributed by atoms with Crippen molar-refractivity contribution in [2.75, 3.05) is 23.9 Å². The van der Waals surface area contributed by atoms with Crippen LogP contribution in [0.1, 0.15) is 5.56 Å². The maximum atomic E-state index is 13.3. The molecule has 37 heavy (non-hydrogen) atoms. The van der Waals surface area contributed by atoms with Gasteiger partial charge in [0.25, 0.3) is 17.7 Å². The van der Waals surface area contributed by atoms with Crippen LogP contribution in [0.3, 0.4) is 0 Å². The Morgan fingerprint density at radius 1 is 1.05 bits per heavy atom. The van der Waals surface area contributed by atoms with E-state index in [4.69, 9.17) is 9.47 Å². The van der Waals surface area contributed by atoms with Gasteiger partial charge in [-0.05, 0) is 76.1 Å². The molecule has 0 aliphatic carbocycles. The highest BCUT2D eigenvalue weighted by Crippen LogP contribution is 2.29.